The number of halogens is 2. The van der Waals surface area contributed by atoms with Gasteiger partial charge in [-0.3, -0.25) is 4.79 Å². The summed E-state index contributed by atoms with van der Waals surface area (Å²) in [5, 5.41) is 7.23. The lowest BCUT2D eigenvalue weighted by molar-refractivity contribution is 0.102. The van der Waals surface area contributed by atoms with Gasteiger partial charge in [-0.25, -0.2) is 9.07 Å². The summed E-state index contributed by atoms with van der Waals surface area (Å²) in [5.41, 5.74) is 0.0292. The van der Waals surface area contributed by atoms with Crippen molar-refractivity contribution in [1.29, 1.82) is 0 Å². The van der Waals surface area contributed by atoms with Crippen LogP contribution in [0.3, 0.4) is 0 Å². The summed E-state index contributed by atoms with van der Waals surface area (Å²) in [6, 6.07) is 4.08. The van der Waals surface area contributed by atoms with Gasteiger partial charge in [-0.2, -0.15) is 0 Å². The Hall–Kier alpha value is -1.75. The average molecular weight is 240 g/mol. The van der Waals surface area contributed by atoms with E-state index in [9.17, 15) is 9.18 Å². The Bertz CT molecular complexity index is 532. The van der Waals surface area contributed by atoms with Crippen LogP contribution in [0.4, 0.5) is 4.39 Å². The highest BCUT2D eigenvalue weighted by Gasteiger charge is 2.20. The number of nitrogens with zero attached hydrogens (tertiary/aromatic N) is 3. The molecule has 0 saturated heterocycles. The summed E-state index contributed by atoms with van der Waals surface area (Å²) in [7, 11) is 1.55. The van der Waals surface area contributed by atoms with Gasteiger partial charge < -0.3 is 0 Å². The highest BCUT2D eigenvalue weighted by atomic mass is 35.5. The van der Waals surface area contributed by atoms with Gasteiger partial charge in [0.15, 0.2) is 0 Å². The number of ketones is 1. The van der Waals surface area contributed by atoms with Gasteiger partial charge in [-0.15, -0.1) is 5.10 Å². The van der Waals surface area contributed by atoms with Crippen molar-refractivity contribution in [2.24, 2.45) is 7.05 Å². The van der Waals surface area contributed by atoms with E-state index < -0.39 is 11.6 Å². The molecule has 0 aliphatic carbocycles. The van der Waals surface area contributed by atoms with Crippen LogP contribution in [0, 0.1) is 5.82 Å². The minimum Gasteiger partial charge on any atom is -0.287 e. The Kier molecular flexibility index (Phi) is 2.70. The largest absolute Gasteiger partial charge is 0.287 e. The Balaban J connectivity index is 2.54. The molecule has 1 heterocycles. The second-order valence-corrected chi connectivity index (χ2v) is 3.58. The predicted molar refractivity (Wildman–Crippen MR) is 55.8 cm³/mol. The summed E-state index contributed by atoms with van der Waals surface area (Å²) in [6.45, 7) is 0. The molecule has 4 nitrogen and oxygen atoms in total. The van der Waals surface area contributed by atoms with Crippen LogP contribution in [0.5, 0.6) is 0 Å². The molecule has 0 spiro atoms. The summed E-state index contributed by atoms with van der Waals surface area (Å²) >= 11 is 5.78. The molecule has 6 heteroatoms. The molecule has 82 valence electrons. The maximum absolute atomic E-state index is 13.5. The zero-order valence-electron chi connectivity index (χ0n) is 8.32. The second-order valence-electron chi connectivity index (χ2n) is 3.17. The van der Waals surface area contributed by atoms with E-state index in [4.69, 9.17) is 11.6 Å². The van der Waals surface area contributed by atoms with Crippen molar-refractivity contribution < 1.29 is 9.18 Å². The van der Waals surface area contributed by atoms with E-state index in [2.05, 4.69) is 10.3 Å². The van der Waals surface area contributed by atoms with Crippen LogP contribution in [-0.4, -0.2) is 20.8 Å². The normalized spacial score (nSPS) is 10.4. The molecular weight excluding hydrogens is 233 g/mol. The summed E-state index contributed by atoms with van der Waals surface area (Å²) in [6.07, 6.45) is 1.27. The summed E-state index contributed by atoms with van der Waals surface area (Å²) < 4.78 is 14.7. The van der Waals surface area contributed by atoms with Crippen molar-refractivity contribution in [3.63, 3.8) is 0 Å². The van der Waals surface area contributed by atoms with Crippen molar-refractivity contribution in [2.75, 3.05) is 0 Å². The molecule has 1 aromatic carbocycles. The van der Waals surface area contributed by atoms with Crippen LogP contribution >= 0.6 is 11.6 Å². The number of benzene rings is 1. The molecule has 0 N–H and O–H groups in total. The van der Waals surface area contributed by atoms with Crippen LogP contribution in [0.15, 0.2) is 24.4 Å². The van der Waals surface area contributed by atoms with Crippen molar-refractivity contribution in [1.82, 2.24) is 15.0 Å². The fraction of sp³-hybridized carbons (Fsp3) is 0.100. The molecule has 0 radical (unpaired) electrons. The number of aryl methyl sites for hydroxylation is 1. The van der Waals surface area contributed by atoms with Crippen LogP contribution in [-0.2, 0) is 7.05 Å². The van der Waals surface area contributed by atoms with Crippen LogP contribution < -0.4 is 0 Å². The SMILES string of the molecule is Cn1nncc1C(=O)c1c(F)cccc1Cl. The first-order valence-electron chi connectivity index (χ1n) is 4.44. The third-order valence-corrected chi connectivity index (χ3v) is 2.45. The molecule has 16 heavy (non-hydrogen) atoms. The van der Waals surface area contributed by atoms with Crippen LogP contribution in [0.2, 0.25) is 5.02 Å². The lowest BCUT2D eigenvalue weighted by Gasteiger charge is -2.04. The molecule has 0 amide bonds. The number of carbonyl (C=O) groups is 1. The molecule has 0 fully saturated rings. The van der Waals surface area contributed by atoms with E-state index in [1.807, 2.05) is 0 Å². The van der Waals surface area contributed by atoms with E-state index in [1.165, 1.54) is 29.1 Å². The Labute approximate surface area is 95.6 Å². The molecular formula is C10H7ClFN3O. The second kappa shape index (κ2) is 4.02. The molecule has 0 saturated carbocycles. The minimum absolute atomic E-state index is 0.0752. The van der Waals surface area contributed by atoms with Gasteiger partial charge in [0.05, 0.1) is 16.8 Å². The first-order chi connectivity index (χ1) is 7.61. The predicted octanol–water partition coefficient (Wildman–Crippen LogP) is 1.84. The van der Waals surface area contributed by atoms with E-state index in [-0.39, 0.29) is 16.3 Å². The first kappa shape index (κ1) is 10.8. The number of rotatable bonds is 2. The summed E-state index contributed by atoms with van der Waals surface area (Å²) in [5.74, 6) is -1.19. The van der Waals surface area contributed by atoms with Gasteiger partial charge in [0.2, 0.25) is 5.78 Å². The van der Waals surface area contributed by atoms with E-state index in [0.717, 1.165) is 0 Å². The van der Waals surface area contributed by atoms with E-state index >= 15 is 0 Å². The van der Waals surface area contributed by atoms with E-state index in [1.54, 1.807) is 7.05 Å². The molecule has 0 unspecified atom stereocenters. The zero-order valence-corrected chi connectivity index (χ0v) is 9.07. The van der Waals surface area contributed by atoms with Crippen molar-refractivity contribution in [3.8, 4) is 0 Å². The van der Waals surface area contributed by atoms with Gasteiger partial charge in [-0.1, -0.05) is 22.9 Å². The summed E-state index contributed by atoms with van der Waals surface area (Å²) in [4.78, 5) is 11.9. The van der Waals surface area contributed by atoms with E-state index in [0.29, 0.717) is 0 Å². The van der Waals surface area contributed by atoms with Gasteiger partial charge in [0, 0.05) is 7.05 Å². The van der Waals surface area contributed by atoms with Crippen molar-refractivity contribution in [2.45, 2.75) is 0 Å². The fourth-order valence-electron chi connectivity index (χ4n) is 1.34. The minimum atomic E-state index is -0.654. The molecule has 2 rings (SSSR count). The lowest BCUT2D eigenvalue weighted by atomic mass is 10.1. The molecule has 2 aromatic rings. The third kappa shape index (κ3) is 1.69. The van der Waals surface area contributed by atoms with Crippen LogP contribution in [0.25, 0.3) is 0 Å². The average Bonchev–Trinajstić information content (AvgIpc) is 2.64. The van der Waals surface area contributed by atoms with Crippen molar-refractivity contribution in [3.05, 3.63) is 46.5 Å². The highest BCUT2D eigenvalue weighted by Crippen LogP contribution is 2.21. The Morgan fingerprint density at radius 1 is 1.50 bits per heavy atom. The smallest absolute Gasteiger partial charge is 0.217 e. The highest BCUT2D eigenvalue weighted by molar-refractivity contribution is 6.34. The van der Waals surface area contributed by atoms with Gasteiger partial charge in [0.1, 0.15) is 11.5 Å². The number of hydrogen-bond acceptors (Lipinski definition) is 3. The monoisotopic (exact) mass is 239 g/mol. The lowest BCUT2D eigenvalue weighted by Crippen LogP contribution is -2.10. The Morgan fingerprint density at radius 3 is 2.81 bits per heavy atom. The molecule has 0 bridgehead atoms. The molecule has 0 aliphatic rings. The zero-order chi connectivity index (χ0) is 11.7. The van der Waals surface area contributed by atoms with Crippen LogP contribution in [0.1, 0.15) is 16.1 Å². The number of aromatic nitrogens is 3. The Morgan fingerprint density at radius 2 is 2.25 bits per heavy atom. The maximum Gasteiger partial charge on any atom is 0.217 e. The number of carbonyl (C=O) groups excluding carboxylic acids is 1. The topological polar surface area (TPSA) is 47.8 Å². The standard InChI is InChI=1S/C10H7ClFN3O/c1-15-8(5-13-14-15)10(16)9-6(11)3-2-4-7(9)12/h2-5H,1H3. The maximum atomic E-state index is 13.5. The third-order valence-electron chi connectivity index (χ3n) is 2.14. The molecule has 0 atom stereocenters. The first-order valence-corrected chi connectivity index (χ1v) is 4.82. The van der Waals surface area contributed by atoms with Gasteiger partial charge >= 0.3 is 0 Å². The number of hydrogen-bond donors (Lipinski definition) is 0. The van der Waals surface area contributed by atoms with Gasteiger partial charge in [-0.05, 0) is 12.1 Å². The molecule has 1 aromatic heterocycles. The molecule has 0 aliphatic heterocycles. The quantitative estimate of drug-likeness (QED) is 0.752. The fourth-order valence-corrected chi connectivity index (χ4v) is 1.59. The van der Waals surface area contributed by atoms with Gasteiger partial charge in [0.25, 0.3) is 0 Å². The van der Waals surface area contributed by atoms with Crippen molar-refractivity contribution >= 4 is 17.4 Å².